The van der Waals surface area contributed by atoms with Crippen LogP contribution in [0.4, 0.5) is 0 Å². The number of nitrogens with one attached hydrogen (secondary N) is 1. The molecule has 0 aromatic heterocycles. The second-order valence-corrected chi connectivity index (χ2v) is 7.82. The number of rotatable bonds is 7. The maximum atomic E-state index is 11.9. The first kappa shape index (κ1) is 21.3. The van der Waals surface area contributed by atoms with Crippen molar-refractivity contribution in [3.63, 3.8) is 0 Å². The van der Waals surface area contributed by atoms with E-state index in [0.717, 1.165) is 11.1 Å². The van der Waals surface area contributed by atoms with E-state index in [1.165, 1.54) is 18.2 Å². The summed E-state index contributed by atoms with van der Waals surface area (Å²) in [6.07, 6.45) is 2.88. The Bertz CT molecular complexity index is 982. The Labute approximate surface area is 164 Å². The highest BCUT2D eigenvalue weighted by Crippen LogP contribution is 2.15. The van der Waals surface area contributed by atoms with Gasteiger partial charge in [-0.1, -0.05) is 42.0 Å². The number of carbonyl (C=O) groups is 2. The number of hydrogen-bond acceptors (Lipinski definition) is 5. The molecular weight excluding hydrogens is 380 g/mol. The molecule has 28 heavy (non-hydrogen) atoms. The first-order chi connectivity index (χ1) is 13.1. The van der Waals surface area contributed by atoms with Gasteiger partial charge in [-0.25, -0.2) is 18.4 Å². The van der Waals surface area contributed by atoms with E-state index in [1.54, 1.807) is 25.1 Å². The van der Waals surface area contributed by atoms with E-state index in [9.17, 15) is 18.0 Å². The Kier molecular flexibility index (Phi) is 7.08. The predicted molar refractivity (Wildman–Crippen MR) is 106 cm³/mol. The van der Waals surface area contributed by atoms with Crippen LogP contribution in [0.3, 0.4) is 0 Å². The number of ether oxygens (including phenoxy) is 1. The summed E-state index contributed by atoms with van der Waals surface area (Å²) in [6.45, 7) is 3.25. The number of nitrogens with two attached hydrogens (primary N) is 1. The minimum atomic E-state index is -3.77. The van der Waals surface area contributed by atoms with Gasteiger partial charge >= 0.3 is 5.97 Å². The molecule has 0 aliphatic heterocycles. The summed E-state index contributed by atoms with van der Waals surface area (Å²) in [5, 5.41) is 7.72. The minimum Gasteiger partial charge on any atom is -0.452 e. The van der Waals surface area contributed by atoms with Crippen LogP contribution >= 0.6 is 0 Å². The lowest BCUT2D eigenvalue weighted by molar-refractivity contribution is -0.144. The van der Waals surface area contributed by atoms with E-state index in [0.29, 0.717) is 5.56 Å². The molecule has 0 bridgehead atoms. The molecule has 0 spiro atoms. The van der Waals surface area contributed by atoms with Gasteiger partial charge in [-0.15, -0.1) is 0 Å². The van der Waals surface area contributed by atoms with Crippen LogP contribution in [0.5, 0.6) is 0 Å². The van der Waals surface area contributed by atoms with Crippen molar-refractivity contribution >= 4 is 28.0 Å². The van der Waals surface area contributed by atoms with Crippen LogP contribution in [0.1, 0.15) is 29.7 Å². The van der Waals surface area contributed by atoms with Crippen LogP contribution in [0, 0.1) is 6.92 Å². The lowest BCUT2D eigenvalue weighted by Crippen LogP contribution is -2.30. The van der Waals surface area contributed by atoms with Gasteiger partial charge in [0.2, 0.25) is 10.0 Å². The number of benzene rings is 2. The molecule has 2 aromatic rings. The number of hydrogen-bond donors (Lipinski definition) is 2. The normalized spacial score (nSPS) is 12.5. The van der Waals surface area contributed by atoms with Crippen LogP contribution < -0.4 is 10.5 Å². The van der Waals surface area contributed by atoms with Crippen LogP contribution in [0.2, 0.25) is 0 Å². The van der Waals surface area contributed by atoms with Crippen molar-refractivity contribution in [1.82, 2.24) is 5.32 Å². The molecule has 0 unspecified atom stereocenters. The highest BCUT2D eigenvalue weighted by molar-refractivity contribution is 7.89. The Hall–Kier alpha value is -2.97. The van der Waals surface area contributed by atoms with Gasteiger partial charge in [0, 0.05) is 6.08 Å². The van der Waals surface area contributed by atoms with Gasteiger partial charge < -0.3 is 10.1 Å². The zero-order chi connectivity index (χ0) is 20.7. The van der Waals surface area contributed by atoms with Crippen LogP contribution in [-0.4, -0.2) is 26.9 Å². The molecule has 0 saturated heterocycles. The quantitative estimate of drug-likeness (QED) is 0.543. The van der Waals surface area contributed by atoms with Crippen molar-refractivity contribution in [2.75, 3.05) is 6.61 Å². The fraction of sp³-hybridized carbons (Fsp3) is 0.200. The predicted octanol–water partition coefficient (Wildman–Crippen LogP) is 2.08. The van der Waals surface area contributed by atoms with Gasteiger partial charge in [0.1, 0.15) is 0 Å². The third-order valence-electron chi connectivity index (χ3n) is 3.89. The molecule has 0 aliphatic carbocycles. The van der Waals surface area contributed by atoms with Crippen molar-refractivity contribution in [3.8, 4) is 0 Å². The molecule has 148 valence electrons. The van der Waals surface area contributed by atoms with Gasteiger partial charge in [-0.2, -0.15) is 0 Å². The molecule has 0 aliphatic rings. The summed E-state index contributed by atoms with van der Waals surface area (Å²) in [7, 11) is -3.77. The molecule has 0 heterocycles. The number of sulfonamides is 1. The Morgan fingerprint density at radius 1 is 1.18 bits per heavy atom. The zero-order valence-corrected chi connectivity index (χ0v) is 16.4. The average Bonchev–Trinajstić information content (AvgIpc) is 2.64. The lowest BCUT2D eigenvalue weighted by atomic mass is 10.1. The van der Waals surface area contributed by atoms with E-state index in [4.69, 9.17) is 9.88 Å². The molecule has 1 atom stereocenters. The summed E-state index contributed by atoms with van der Waals surface area (Å²) in [4.78, 5) is 23.7. The SMILES string of the molecule is Cc1cccc(/C=C/C(=O)OCC(=O)N[C@H](C)c2ccc(S(N)(=O)=O)cc2)c1. The zero-order valence-electron chi connectivity index (χ0n) is 15.6. The van der Waals surface area contributed by atoms with Crippen LogP contribution in [0.15, 0.2) is 59.5 Å². The van der Waals surface area contributed by atoms with Crippen molar-refractivity contribution in [1.29, 1.82) is 0 Å². The Balaban J connectivity index is 1.83. The maximum absolute atomic E-state index is 11.9. The van der Waals surface area contributed by atoms with E-state index in [2.05, 4.69) is 5.32 Å². The minimum absolute atomic E-state index is 0.0101. The molecule has 3 N–H and O–H groups in total. The largest absolute Gasteiger partial charge is 0.452 e. The second-order valence-electron chi connectivity index (χ2n) is 6.26. The summed E-state index contributed by atoms with van der Waals surface area (Å²) in [5.74, 6) is -1.10. The standard InChI is InChI=1S/C20H22N2O5S/c1-14-4-3-5-16(12-14)6-11-20(24)27-13-19(23)22-15(2)17-7-9-18(10-8-17)28(21,25)26/h3-12,15H,13H2,1-2H3,(H,22,23)(H2,21,25,26)/b11-6+/t15-/m1/s1. The fourth-order valence-electron chi connectivity index (χ4n) is 2.44. The third-order valence-corrected chi connectivity index (χ3v) is 4.81. The van der Waals surface area contributed by atoms with Gasteiger partial charge in [-0.05, 0) is 43.2 Å². The average molecular weight is 402 g/mol. The first-order valence-electron chi connectivity index (χ1n) is 8.49. The number of esters is 1. The number of amides is 1. The third kappa shape index (κ3) is 6.64. The molecule has 8 heteroatoms. The monoisotopic (exact) mass is 402 g/mol. The van der Waals surface area contributed by atoms with Gasteiger partial charge in [-0.3, -0.25) is 4.79 Å². The van der Waals surface area contributed by atoms with E-state index >= 15 is 0 Å². The summed E-state index contributed by atoms with van der Waals surface area (Å²) >= 11 is 0. The molecule has 2 aromatic carbocycles. The van der Waals surface area contributed by atoms with Crippen molar-refractivity contribution in [2.24, 2.45) is 5.14 Å². The molecule has 0 fully saturated rings. The molecular formula is C20H22N2O5S. The summed E-state index contributed by atoms with van der Waals surface area (Å²) in [6, 6.07) is 13.0. The second kappa shape index (κ2) is 9.29. The van der Waals surface area contributed by atoms with Gasteiger partial charge in [0.25, 0.3) is 5.91 Å². The molecule has 1 amide bonds. The van der Waals surface area contributed by atoms with Gasteiger partial charge in [0.05, 0.1) is 10.9 Å². The van der Waals surface area contributed by atoms with Crippen molar-refractivity contribution < 1.29 is 22.7 Å². The fourth-order valence-corrected chi connectivity index (χ4v) is 2.95. The van der Waals surface area contributed by atoms with E-state index < -0.39 is 34.5 Å². The van der Waals surface area contributed by atoms with E-state index in [-0.39, 0.29) is 4.90 Å². The molecule has 0 radical (unpaired) electrons. The van der Waals surface area contributed by atoms with Crippen molar-refractivity contribution in [2.45, 2.75) is 24.8 Å². The number of primary sulfonamides is 1. The summed E-state index contributed by atoms with van der Waals surface area (Å²) < 4.78 is 27.4. The Morgan fingerprint density at radius 3 is 2.46 bits per heavy atom. The topological polar surface area (TPSA) is 116 Å². The highest BCUT2D eigenvalue weighted by Gasteiger charge is 2.13. The van der Waals surface area contributed by atoms with Crippen molar-refractivity contribution in [3.05, 3.63) is 71.3 Å². The molecule has 7 nitrogen and oxygen atoms in total. The smallest absolute Gasteiger partial charge is 0.331 e. The van der Waals surface area contributed by atoms with E-state index in [1.807, 2.05) is 31.2 Å². The summed E-state index contributed by atoms with van der Waals surface area (Å²) in [5.41, 5.74) is 2.62. The molecule has 0 saturated carbocycles. The van der Waals surface area contributed by atoms with Gasteiger partial charge in [0.15, 0.2) is 6.61 Å². The lowest BCUT2D eigenvalue weighted by Gasteiger charge is -2.14. The number of aryl methyl sites for hydroxylation is 1. The Morgan fingerprint density at radius 2 is 1.86 bits per heavy atom. The first-order valence-corrected chi connectivity index (χ1v) is 10.0. The highest BCUT2D eigenvalue weighted by atomic mass is 32.2. The van der Waals surface area contributed by atoms with Crippen LogP contribution in [0.25, 0.3) is 6.08 Å². The van der Waals surface area contributed by atoms with Crippen LogP contribution in [-0.2, 0) is 24.3 Å². The molecule has 2 rings (SSSR count). The maximum Gasteiger partial charge on any atom is 0.331 e. The number of carbonyl (C=O) groups excluding carboxylic acids is 2.